The van der Waals surface area contributed by atoms with Crippen LogP contribution < -0.4 is 10.2 Å². The highest BCUT2D eigenvalue weighted by molar-refractivity contribution is 6.30. The molecule has 0 saturated carbocycles. The fourth-order valence-corrected chi connectivity index (χ4v) is 3.15. The second-order valence-corrected chi connectivity index (χ2v) is 5.58. The first-order valence-corrected chi connectivity index (χ1v) is 6.65. The number of pyridine rings is 1. The quantitative estimate of drug-likeness (QED) is 0.835. The fraction of sp³-hybridized carbons (Fsp3) is 0.500. The lowest BCUT2D eigenvalue weighted by molar-refractivity contribution is 0.533. The summed E-state index contributed by atoms with van der Waals surface area (Å²) in [6, 6.07) is 3.75. The fourth-order valence-electron chi connectivity index (χ4n) is 3.00. The minimum atomic E-state index is 0.682. The zero-order valence-electron chi connectivity index (χ0n) is 9.88. The molecule has 0 spiro atoms. The number of hydrogen-bond donors (Lipinski definition) is 1. The van der Waals surface area contributed by atoms with Crippen molar-refractivity contribution < 1.29 is 0 Å². The Bertz CT molecular complexity index is 583. The summed E-state index contributed by atoms with van der Waals surface area (Å²) in [5, 5.41) is 8.63. The van der Waals surface area contributed by atoms with Crippen molar-refractivity contribution in [3.8, 4) is 0 Å². The largest absolute Gasteiger partial charge is 0.339 e. The molecule has 0 aromatic carbocycles. The monoisotopic (exact) mass is 263 g/mol. The van der Waals surface area contributed by atoms with Crippen molar-refractivity contribution in [3.63, 3.8) is 0 Å². The van der Waals surface area contributed by atoms with Gasteiger partial charge in [0.25, 0.3) is 0 Å². The molecule has 5 nitrogen and oxygen atoms in total. The number of aromatic nitrogens is 3. The van der Waals surface area contributed by atoms with Crippen LogP contribution in [0.15, 0.2) is 18.3 Å². The third-order valence-electron chi connectivity index (χ3n) is 3.96. The van der Waals surface area contributed by atoms with Crippen LogP contribution in [0, 0.1) is 11.8 Å². The predicted molar refractivity (Wildman–Crippen MR) is 70.1 cm³/mol. The predicted octanol–water partition coefficient (Wildman–Crippen LogP) is 1.04. The number of rotatable bonds is 1. The molecule has 2 aliphatic rings. The minimum absolute atomic E-state index is 0.682. The minimum Gasteiger partial charge on any atom is -0.339 e. The average molecular weight is 264 g/mol. The van der Waals surface area contributed by atoms with E-state index in [1.165, 1.54) is 0 Å². The molecule has 2 fully saturated rings. The summed E-state index contributed by atoms with van der Waals surface area (Å²) in [5.74, 6) is 2.33. The van der Waals surface area contributed by atoms with E-state index in [2.05, 4.69) is 20.3 Å². The number of nitrogens with one attached hydrogen (secondary N) is 1. The van der Waals surface area contributed by atoms with E-state index < -0.39 is 0 Å². The van der Waals surface area contributed by atoms with Gasteiger partial charge in [0.2, 0.25) is 5.95 Å². The van der Waals surface area contributed by atoms with Crippen molar-refractivity contribution in [2.24, 2.45) is 11.8 Å². The van der Waals surface area contributed by atoms with Gasteiger partial charge < -0.3 is 10.2 Å². The van der Waals surface area contributed by atoms with Gasteiger partial charge in [-0.3, -0.25) is 0 Å². The van der Waals surface area contributed by atoms with Gasteiger partial charge in [0.15, 0.2) is 5.65 Å². The molecule has 0 aliphatic carbocycles. The summed E-state index contributed by atoms with van der Waals surface area (Å²) >= 11 is 5.96. The summed E-state index contributed by atoms with van der Waals surface area (Å²) in [6.07, 6.45) is 1.80. The van der Waals surface area contributed by atoms with Gasteiger partial charge >= 0.3 is 0 Å². The van der Waals surface area contributed by atoms with Crippen LogP contribution in [0.4, 0.5) is 5.95 Å². The van der Waals surface area contributed by atoms with E-state index in [1.807, 2.05) is 12.1 Å². The van der Waals surface area contributed by atoms with Crippen molar-refractivity contribution >= 4 is 23.2 Å². The molecule has 2 atom stereocenters. The van der Waals surface area contributed by atoms with Crippen molar-refractivity contribution in [2.75, 3.05) is 31.1 Å². The zero-order chi connectivity index (χ0) is 12.1. The molecular weight excluding hydrogens is 250 g/mol. The Morgan fingerprint density at radius 1 is 1.22 bits per heavy atom. The molecule has 2 aromatic rings. The lowest BCUT2D eigenvalue weighted by Gasteiger charge is -2.14. The van der Waals surface area contributed by atoms with Crippen LogP contribution >= 0.6 is 11.6 Å². The van der Waals surface area contributed by atoms with E-state index in [-0.39, 0.29) is 0 Å². The molecule has 1 N–H and O–H groups in total. The summed E-state index contributed by atoms with van der Waals surface area (Å²) in [6.45, 7) is 4.37. The highest BCUT2D eigenvalue weighted by atomic mass is 35.5. The molecule has 0 bridgehead atoms. The number of nitrogens with zero attached hydrogens (tertiary/aromatic N) is 4. The molecule has 94 valence electrons. The Kier molecular flexibility index (Phi) is 2.25. The molecule has 2 saturated heterocycles. The second-order valence-electron chi connectivity index (χ2n) is 5.15. The third-order valence-corrected chi connectivity index (χ3v) is 4.18. The normalized spacial score (nSPS) is 27.1. The van der Waals surface area contributed by atoms with Gasteiger partial charge in [-0.25, -0.2) is 4.52 Å². The van der Waals surface area contributed by atoms with Gasteiger partial charge in [-0.2, -0.15) is 4.98 Å². The van der Waals surface area contributed by atoms with Crippen LogP contribution in [0.2, 0.25) is 5.02 Å². The van der Waals surface area contributed by atoms with Gasteiger partial charge in [0.1, 0.15) is 0 Å². The summed E-state index contributed by atoms with van der Waals surface area (Å²) < 4.78 is 1.75. The van der Waals surface area contributed by atoms with E-state index in [4.69, 9.17) is 11.6 Å². The van der Waals surface area contributed by atoms with Crippen LogP contribution in [-0.2, 0) is 0 Å². The van der Waals surface area contributed by atoms with Crippen LogP contribution in [0.3, 0.4) is 0 Å². The van der Waals surface area contributed by atoms with E-state index in [0.717, 1.165) is 49.6 Å². The van der Waals surface area contributed by atoms with Crippen LogP contribution in [0.1, 0.15) is 0 Å². The highest BCUT2D eigenvalue weighted by Crippen LogP contribution is 2.29. The lowest BCUT2D eigenvalue weighted by atomic mass is 10.0. The number of anilines is 1. The maximum atomic E-state index is 5.96. The number of fused-ring (bicyclic) bond motifs is 2. The topological polar surface area (TPSA) is 45.5 Å². The molecule has 4 heterocycles. The molecule has 0 radical (unpaired) electrons. The number of hydrogen-bond acceptors (Lipinski definition) is 4. The molecular formula is C12H14ClN5. The molecule has 6 heteroatoms. The Morgan fingerprint density at radius 2 is 2.00 bits per heavy atom. The first-order valence-electron chi connectivity index (χ1n) is 6.27. The molecule has 0 amide bonds. The summed E-state index contributed by atoms with van der Waals surface area (Å²) in [4.78, 5) is 6.85. The van der Waals surface area contributed by atoms with Crippen molar-refractivity contribution in [1.29, 1.82) is 0 Å². The molecule has 2 aromatic heterocycles. The van der Waals surface area contributed by atoms with E-state index in [1.54, 1.807) is 10.7 Å². The average Bonchev–Trinajstić information content (AvgIpc) is 2.99. The molecule has 0 unspecified atom stereocenters. The van der Waals surface area contributed by atoms with Crippen molar-refractivity contribution in [3.05, 3.63) is 23.4 Å². The maximum absolute atomic E-state index is 5.96. The van der Waals surface area contributed by atoms with Crippen molar-refractivity contribution in [2.45, 2.75) is 0 Å². The molecule has 4 rings (SSSR count). The Labute approximate surface area is 110 Å². The molecule has 18 heavy (non-hydrogen) atoms. The van der Waals surface area contributed by atoms with Gasteiger partial charge in [0.05, 0.1) is 5.02 Å². The maximum Gasteiger partial charge on any atom is 0.245 e. The summed E-state index contributed by atoms with van der Waals surface area (Å²) in [7, 11) is 0. The standard InChI is InChI=1S/C12H14ClN5/c13-10-1-2-11-15-12(16-18(11)7-10)17-5-8-3-14-4-9(8)6-17/h1-2,7-9,14H,3-6H2/t8-,9+. The Hall–Kier alpha value is -1.33. The van der Waals surface area contributed by atoms with Gasteiger partial charge in [-0.15, -0.1) is 5.10 Å². The summed E-state index contributed by atoms with van der Waals surface area (Å²) in [5.41, 5.74) is 0.851. The second kappa shape index (κ2) is 3.83. The first kappa shape index (κ1) is 10.6. The van der Waals surface area contributed by atoms with Crippen molar-refractivity contribution in [1.82, 2.24) is 19.9 Å². The third kappa shape index (κ3) is 1.58. The highest BCUT2D eigenvalue weighted by Gasteiger charge is 2.37. The Morgan fingerprint density at radius 3 is 2.78 bits per heavy atom. The smallest absolute Gasteiger partial charge is 0.245 e. The molecule has 2 aliphatic heterocycles. The van der Waals surface area contributed by atoms with E-state index >= 15 is 0 Å². The van der Waals surface area contributed by atoms with Gasteiger partial charge in [-0.05, 0) is 24.0 Å². The number of halogens is 1. The van der Waals surface area contributed by atoms with Crippen LogP contribution in [0.25, 0.3) is 5.65 Å². The first-order chi connectivity index (χ1) is 8.79. The van der Waals surface area contributed by atoms with E-state index in [0.29, 0.717) is 5.02 Å². The van der Waals surface area contributed by atoms with Gasteiger partial charge in [0, 0.05) is 32.4 Å². The van der Waals surface area contributed by atoms with Crippen LogP contribution in [0.5, 0.6) is 0 Å². The lowest BCUT2D eigenvalue weighted by Crippen LogP contribution is -2.26. The van der Waals surface area contributed by atoms with Gasteiger partial charge in [-0.1, -0.05) is 11.6 Å². The van der Waals surface area contributed by atoms with E-state index in [9.17, 15) is 0 Å². The zero-order valence-corrected chi connectivity index (χ0v) is 10.6. The SMILES string of the molecule is Clc1ccc2nc(N3C[C@H]4CNC[C@H]4C3)nn2c1. The Balaban J connectivity index is 1.67. The van der Waals surface area contributed by atoms with Crippen LogP contribution in [-0.4, -0.2) is 40.8 Å².